The molecule has 2 unspecified atom stereocenters. The number of cyclic esters (lactones) is 1. The third-order valence-corrected chi connectivity index (χ3v) is 2.28. The fraction of sp³-hybridized carbons (Fsp3) is 0.625. The lowest BCUT2D eigenvalue weighted by atomic mass is 9.81. The monoisotopic (exact) mass is 186 g/mol. The molecule has 5 nitrogen and oxygen atoms in total. The second kappa shape index (κ2) is 3.16. The molecule has 1 heterocycles. The summed E-state index contributed by atoms with van der Waals surface area (Å²) >= 11 is 0. The van der Waals surface area contributed by atoms with Crippen molar-refractivity contribution < 1.29 is 23.9 Å². The number of hydrogen-bond acceptors (Lipinski definition) is 5. The zero-order valence-electron chi connectivity index (χ0n) is 7.40. The van der Waals surface area contributed by atoms with E-state index in [2.05, 4.69) is 9.47 Å². The number of rotatable bonds is 2. The van der Waals surface area contributed by atoms with E-state index in [1.807, 2.05) is 0 Å². The van der Waals surface area contributed by atoms with Crippen molar-refractivity contribution >= 4 is 18.2 Å². The summed E-state index contributed by atoms with van der Waals surface area (Å²) in [7, 11) is 1.20. The lowest BCUT2D eigenvalue weighted by molar-refractivity contribution is -0.154. The maximum absolute atomic E-state index is 11.1. The van der Waals surface area contributed by atoms with Gasteiger partial charge in [0.2, 0.25) is 0 Å². The second-order valence-corrected chi connectivity index (χ2v) is 3.07. The molecule has 0 spiro atoms. The van der Waals surface area contributed by atoms with Crippen LogP contribution >= 0.6 is 0 Å². The van der Waals surface area contributed by atoms with Crippen molar-refractivity contribution in [1.29, 1.82) is 0 Å². The first-order valence-electron chi connectivity index (χ1n) is 3.77. The van der Waals surface area contributed by atoms with Crippen molar-refractivity contribution in [2.45, 2.75) is 6.92 Å². The van der Waals surface area contributed by atoms with E-state index in [4.69, 9.17) is 0 Å². The number of aldehydes is 1. The molecule has 13 heavy (non-hydrogen) atoms. The topological polar surface area (TPSA) is 69.7 Å². The number of hydrogen-bond donors (Lipinski definition) is 0. The molecule has 5 heteroatoms. The zero-order valence-corrected chi connectivity index (χ0v) is 7.40. The number of esters is 2. The van der Waals surface area contributed by atoms with Crippen molar-refractivity contribution in [3.63, 3.8) is 0 Å². The molecule has 0 aromatic heterocycles. The van der Waals surface area contributed by atoms with Gasteiger partial charge in [-0.1, -0.05) is 0 Å². The normalized spacial score (nSPS) is 32.5. The molecule has 0 amide bonds. The van der Waals surface area contributed by atoms with E-state index in [1.54, 1.807) is 0 Å². The van der Waals surface area contributed by atoms with Crippen LogP contribution in [0.2, 0.25) is 0 Å². The van der Waals surface area contributed by atoms with Crippen molar-refractivity contribution in [2.75, 3.05) is 13.7 Å². The average Bonchev–Trinajstić information content (AvgIpc) is 2.43. The Kier molecular flexibility index (Phi) is 2.36. The van der Waals surface area contributed by atoms with Crippen LogP contribution in [0.1, 0.15) is 6.92 Å². The minimum Gasteiger partial charge on any atom is -0.469 e. The number of methoxy groups -OCH3 is 1. The van der Waals surface area contributed by atoms with Gasteiger partial charge in [0.1, 0.15) is 24.2 Å². The largest absolute Gasteiger partial charge is 0.469 e. The third-order valence-electron chi connectivity index (χ3n) is 2.28. The second-order valence-electron chi connectivity index (χ2n) is 3.07. The van der Waals surface area contributed by atoms with Crippen molar-refractivity contribution in [3.8, 4) is 0 Å². The summed E-state index contributed by atoms with van der Waals surface area (Å²) in [6.45, 7) is 1.29. The molecule has 1 aliphatic rings. The zero-order chi connectivity index (χ0) is 10.1. The summed E-state index contributed by atoms with van der Waals surface area (Å²) in [5.41, 5.74) is -1.38. The number of carbonyl (C=O) groups excluding carboxylic acids is 3. The summed E-state index contributed by atoms with van der Waals surface area (Å²) in [5.74, 6) is -2.08. The van der Waals surface area contributed by atoms with Crippen LogP contribution in [0.3, 0.4) is 0 Å². The van der Waals surface area contributed by atoms with Crippen LogP contribution in [0.4, 0.5) is 0 Å². The molecule has 1 saturated heterocycles. The van der Waals surface area contributed by atoms with Gasteiger partial charge in [0.25, 0.3) is 0 Å². The minimum absolute atomic E-state index is 0.0826. The van der Waals surface area contributed by atoms with Crippen molar-refractivity contribution in [3.05, 3.63) is 0 Å². The number of carbonyl (C=O) groups is 3. The van der Waals surface area contributed by atoms with E-state index in [9.17, 15) is 14.4 Å². The van der Waals surface area contributed by atoms with Crippen LogP contribution in [0.15, 0.2) is 0 Å². The van der Waals surface area contributed by atoms with E-state index in [0.717, 1.165) is 0 Å². The molecule has 0 aromatic rings. The molecule has 0 saturated carbocycles. The Morgan fingerprint density at radius 1 is 1.77 bits per heavy atom. The highest BCUT2D eigenvalue weighted by Gasteiger charge is 2.53. The Labute approximate surface area is 75.0 Å². The molecule has 0 aliphatic carbocycles. The van der Waals surface area contributed by atoms with Gasteiger partial charge in [-0.25, -0.2) is 0 Å². The fourth-order valence-corrected chi connectivity index (χ4v) is 1.22. The molecule has 2 atom stereocenters. The van der Waals surface area contributed by atoms with Gasteiger partial charge in [-0.2, -0.15) is 0 Å². The highest BCUT2D eigenvalue weighted by atomic mass is 16.6. The first-order chi connectivity index (χ1) is 6.06. The lowest BCUT2D eigenvalue weighted by Gasteiger charge is -2.16. The van der Waals surface area contributed by atoms with E-state index < -0.39 is 23.3 Å². The maximum atomic E-state index is 11.1. The predicted molar refractivity (Wildman–Crippen MR) is 40.6 cm³/mol. The molecule has 0 bridgehead atoms. The standard InChI is InChI=1S/C8H10O5/c1-8(4-9)5(6(10)12-2)3-13-7(8)11/h4-5H,3H2,1-2H3. The molecular formula is C8H10O5. The molecule has 0 aromatic carbocycles. The van der Waals surface area contributed by atoms with Crippen molar-refractivity contribution in [2.24, 2.45) is 11.3 Å². The molecule has 1 fully saturated rings. The molecule has 1 rings (SSSR count). The molecule has 72 valence electrons. The van der Waals surface area contributed by atoms with Gasteiger partial charge in [0, 0.05) is 0 Å². The van der Waals surface area contributed by atoms with E-state index >= 15 is 0 Å². The molecule has 1 aliphatic heterocycles. The Morgan fingerprint density at radius 3 is 2.85 bits per heavy atom. The van der Waals surface area contributed by atoms with Crippen LogP contribution in [0.5, 0.6) is 0 Å². The predicted octanol–water partition coefficient (Wildman–Crippen LogP) is -0.462. The number of ether oxygens (including phenoxy) is 2. The third kappa shape index (κ3) is 1.30. The van der Waals surface area contributed by atoms with E-state index in [1.165, 1.54) is 14.0 Å². The van der Waals surface area contributed by atoms with Gasteiger partial charge < -0.3 is 14.3 Å². The summed E-state index contributed by atoms with van der Waals surface area (Å²) < 4.78 is 9.07. The molecule has 0 radical (unpaired) electrons. The summed E-state index contributed by atoms with van der Waals surface area (Å²) in [6, 6.07) is 0. The first kappa shape index (κ1) is 9.70. The van der Waals surface area contributed by atoms with Crippen LogP contribution in [-0.4, -0.2) is 31.9 Å². The molecular weight excluding hydrogens is 176 g/mol. The van der Waals surface area contributed by atoms with Crippen molar-refractivity contribution in [1.82, 2.24) is 0 Å². The van der Waals surface area contributed by atoms with Gasteiger partial charge in [-0.15, -0.1) is 0 Å². The lowest BCUT2D eigenvalue weighted by Crippen LogP contribution is -2.36. The average molecular weight is 186 g/mol. The SMILES string of the molecule is COC(=O)C1COC(=O)C1(C)C=O. The van der Waals surface area contributed by atoms with Crippen LogP contribution in [0, 0.1) is 11.3 Å². The quantitative estimate of drug-likeness (QED) is 0.331. The van der Waals surface area contributed by atoms with Crippen LogP contribution < -0.4 is 0 Å². The smallest absolute Gasteiger partial charge is 0.320 e. The first-order valence-corrected chi connectivity index (χ1v) is 3.77. The Bertz CT molecular complexity index is 259. The maximum Gasteiger partial charge on any atom is 0.320 e. The highest BCUT2D eigenvalue weighted by molar-refractivity contribution is 5.99. The van der Waals surface area contributed by atoms with E-state index in [0.29, 0.717) is 6.29 Å². The van der Waals surface area contributed by atoms with Gasteiger partial charge in [0.05, 0.1) is 7.11 Å². The molecule has 0 N–H and O–H groups in total. The Balaban J connectivity index is 2.94. The van der Waals surface area contributed by atoms with Gasteiger partial charge in [-0.3, -0.25) is 9.59 Å². The van der Waals surface area contributed by atoms with Gasteiger partial charge >= 0.3 is 11.9 Å². The Morgan fingerprint density at radius 2 is 2.38 bits per heavy atom. The summed E-state index contributed by atoms with van der Waals surface area (Å²) in [4.78, 5) is 32.9. The van der Waals surface area contributed by atoms with Gasteiger partial charge in [0.15, 0.2) is 0 Å². The minimum atomic E-state index is -1.38. The summed E-state index contributed by atoms with van der Waals surface area (Å²) in [5, 5.41) is 0. The van der Waals surface area contributed by atoms with E-state index in [-0.39, 0.29) is 6.61 Å². The fourth-order valence-electron chi connectivity index (χ4n) is 1.22. The van der Waals surface area contributed by atoms with Crippen LogP contribution in [-0.2, 0) is 23.9 Å². The Hall–Kier alpha value is -1.39. The van der Waals surface area contributed by atoms with Gasteiger partial charge in [-0.05, 0) is 6.92 Å². The highest BCUT2D eigenvalue weighted by Crippen LogP contribution is 2.33. The van der Waals surface area contributed by atoms with Crippen LogP contribution in [0.25, 0.3) is 0 Å². The summed E-state index contributed by atoms with van der Waals surface area (Å²) in [6.07, 6.45) is 0.434.